The number of hydrogen-bond acceptors (Lipinski definition) is 3. The van der Waals surface area contributed by atoms with Crippen LogP contribution in [0, 0.1) is 0 Å². The molecule has 0 atom stereocenters. The quantitative estimate of drug-likeness (QED) is 0.856. The van der Waals surface area contributed by atoms with Crippen molar-refractivity contribution in [1.82, 2.24) is 5.32 Å². The molecule has 0 spiro atoms. The number of hydrogen-bond donors (Lipinski definition) is 1. The summed E-state index contributed by atoms with van der Waals surface area (Å²) in [6.07, 6.45) is 2.59. The van der Waals surface area contributed by atoms with Gasteiger partial charge in [0.15, 0.2) is 0 Å². The Balaban J connectivity index is 1.82. The van der Waals surface area contributed by atoms with Gasteiger partial charge >= 0.3 is 0 Å². The first-order chi connectivity index (χ1) is 9.78. The van der Waals surface area contributed by atoms with Gasteiger partial charge in [0.1, 0.15) is 0 Å². The number of rotatable bonds is 6. The summed E-state index contributed by atoms with van der Waals surface area (Å²) in [4.78, 5) is 3.90. The van der Waals surface area contributed by atoms with E-state index < -0.39 is 0 Å². The normalized spacial score (nSPS) is 14.5. The first-order valence-electron chi connectivity index (χ1n) is 7.00. The summed E-state index contributed by atoms with van der Waals surface area (Å²) in [5.74, 6) is 0. The molecule has 1 fully saturated rings. The van der Waals surface area contributed by atoms with Gasteiger partial charge in [-0.1, -0.05) is 23.7 Å². The summed E-state index contributed by atoms with van der Waals surface area (Å²) < 4.78 is 0. The van der Waals surface area contributed by atoms with Crippen molar-refractivity contribution in [2.24, 2.45) is 0 Å². The van der Waals surface area contributed by atoms with Crippen LogP contribution in [-0.4, -0.2) is 13.1 Å². The van der Waals surface area contributed by atoms with Crippen molar-refractivity contribution in [3.05, 3.63) is 51.2 Å². The molecule has 0 aliphatic heterocycles. The zero-order chi connectivity index (χ0) is 13.9. The predicted octanol–water partition coefficient (Wildman–Crippen LogP) is 4.29. The van der Waals surface area contributed by atoms with Gasteiger partial charge in [-0.15, -0.1) is 11.3 Å². The molecular weight excluding hydrogens is 288 g/mol. The topological polar surface area (TPSA) is 15.3 Å². The minimum absolute atomic E-state index is 0.684. The lowest BCUT2D eigenvalue weighted by atomic mass is 10.2. The summed E-state index contributed by atoms with van der Waals surface area (Å²) in [6, 6.07) is 11.5. The summed E-state index contributed by atoms with van der Waals surface area (Å²) in [7, 11) is 1.94. The van der Waals surface area contributed by atoms with E-state index in [2.05, 4.69) is 45.9 Å². The third-order valence-corrected chi connectivity index (χ3v) is 4.84. The maximum atomic E-state index is 6.40. The fourth-order valence-corrected chi connectivity index (χ4v) is 3.38. The molecule has 3 rings (SSSR count). The van der Waals surface area contributed by atoms with Crippen LogP contribution in [0.2, 0.25) is 5.02 Å². The molecule has 20 heavy (non-hydrogen) atoms. The van der Waals surface area contributed by atoms with E-state index in [1.165, 1.54) is 23.4 Å². The summed E-state index contributed by atoms with van der Waals surface area (Å²) in [5, 5.41) is 6.15. The SMILES string of the molecule is CNCc1ccc(N(Cc2cccs2)C2CC2)cc1Cl. The Labute approximate surface area is 129 Å². The van der Waals surface area contributed by atoms with Crippen LogP contribution in [0.15, 0.2) is 35.7 Å². The van der Waals surface area contributed by atoms with Crippen molar-refractivity contribution >= 4 is 28.6 Å². The van der Waals surface area contributed by atoms with Crippen molar-refractivity contribution < 1.29 is 0 Å². The Morgan fingerprint density at radius 1 is 1.35 bits per heavy atom. The summed E-state index contributed by atoms with van der Waals surface area (Å²) in [5.41, 5.74) is 2.40. The molecule has 0 unspecified atom stereocenters. The number of nitrogens with one attached hydrogen (secondary N) is 1. The Kier molecular flexibility index (Phi) is 4.29. The maximum absolute atomic E-state index is 6.40. The van der Waals surface area contributed by atoms with Gasteiger partial charge in [0, 0.05) is 28.2 Å². The molecule has 0 saturated heterocycles. The highest BCUT2D eigenvalue weighted by Gasteiger charge is 2.29. The van der Waals surface area contributed by atoms with Crippen LogP contribution in [0.1, 0.15) is 23.3 Å². The van der Waals surface area contributed by atoms with Gasteiger partial charge in [0.25, 0.3) is 0 Å². The van der Waals surface area contributed by atoms with E-state index in [-0.39, 0.29) is 0 Å². The largest absolute Gasteiger partial charge is 0.363 e. The van der Waals surface area contributed by atoms with Gasteiger partial charge in [0.05, 0.1) is 6.54 Å². The Bertz CT molecular complexity index is 564. The van der Waals surface area contributed by atoms with Gasteiger partial charge in [-0.05, 0) is 49.0 Å². The first-order valence-corrected chi connectivity index (χ1v) is 8.25. The van der Waals surface area contributed by atoms with E-state index in [1.807, 2.05) is 18.4 Å². The standard InChI is InChI=1S/C16H19ClN2S/c1-18-10-12-4-5-14(9-16(12)17)19(13-6-7-13)11-15-3-2-8-20-15/h2-5,8-9,13,18H,6-7,10-11H2,1H3. The molecule has 0 bridgehead atoms. The molecule has 2 aromatic rings. The highest BCUT2D eigenvalue weighted by molar-refractivity contribution is 7.09. The fraction of sp³-hybridized carbons (Fsp3) is 0.375. The second-order valence-corrected chi connectivity index (χ2v) is 6.68. The zero-order valence-corrected chi connectivity index (χ0v) is 13.2. The van der Waals surface area contributed by atoms with E-state index in [9.17, 15) is 0 Å². The van der Waals surface area contributed by atoms with E-state index in [0.717, 1.165) is 23.7 Å². The highest BCUT2D eigenvalue weighted by Crippen LogP contribution is 2.35. The Morgan fingerprint density at radius 3 is 2.80 bits per heavy atom. The van der Waals surface area contributed by atoms with Crippen LogP contribution in [-0.2, 0) is 13.1 Å². The van der Waals surface area contributed by atoms with Crippen molar-refractivity contribution in [2.75, 3.05) is 11.9 Å². The number of anilines is 1. The fourth-order valence-electron chi connectivity index (χ4n) is 2.44. The van der Waals surface area contributed by atoms with E-state index in [4.69, 9.17) is 11.6 Å². The van der Waals surface area contributed by atoms with Crippen LogP contribution in [0.5, 0.6) is 0 Å². The maximum Gasteiger partial charge on any atom is 0.0525 e. The number of benzene rings is 1. The lowest BCUT2D eigenvalue weighted by Gasteiger charge is -2.25. The second-order valence-electron chi connectivity index (χ2n) is 5.24. The third-order valence-electron chi connectivity index (χ3n) is 3.63. The Hall–Kier alpha value is -1.03. The molecular formula is C16H19ClN2S. The van der Waals surface area contributed by atoms with Gasteiger partial charge in [-0.2, -0.15) is 0 Å². The van der Waals surface area contributed by atoms with Crippen molar-refractivity contribution in [1.29, 1.82) is 0 Å². The number of halogens is 1. The average Bonchev–Trinajstić information content (AvgIpc) is 3.15. The molecule has 1 saturated carbocycles. The molecule has 106 valence electrons. The monoisotopic (exact) mass is 306 g/mol. The molecule has 1 N–H and O–H groups in total. The zero-order valence-electron chi connectivity index (χ0n) is 11.6. The van der Waals surface area contributed by atoms with Crippen molar-refractivity contribution in [3.63, 3.8) is 0 Å². The molecule has 2 nitrogen and oxygen atoms in total. The molecule has 1 aromatic carbocycles. The van der Waals surface area contributed by atoms with E-state index >= 15 is 0 Å². The molecule has 0 radical (unpaired) electrons. The minimum atomic E-state index is 0.684. The van der Waals surface area contributed by atoms with Crippen LogP contribution in [0.25, 0.3) is 0 Å². The predicted molar refractivity (Wildman–Crippen MR) is 87.7 cm³/mol. The van der Waals surface area contributed by atoms with E-state index in [1.54, 1.807) is 0 Å². The highest BCUT2D eigenvalue weighted by atomic mass is 35.5. The molecule has 0 amide bonds. The minimum Gasteiger partial charge on any atom is -0.363 e. The summed E-state index contributed by atoms with van der Waals surface area (Å²) in [6.45, 7) is 1.80. The van der Waals surface area contributed by atoms with Gasteiger partial charge in [-0.3, -0.25) is 0 Å². The second kappa shape index (κ2) is 6.17. The number of nitrogens with zero attached hydrogens (tertiary/aromatic N) is 1. The van der Waals surface area contributed by atoms with Gasteiger partial charge in [-0.25, -0.2) is 0 Å². The third kappa shape index (κ3) is 3.17. The Morgan fingerprint density at radius 2 is 2.20 bits per heavy atom. The number of thiophene rings is 1. The molecule has 1 aromatic heterocycles. The molecule has 1 aliphatic carbocycles. The van der Waals surface area contributed by atoms with E-state index in [0.29, 0.717) is 6.04 Å². The van der Waals surface area contributed by atoms with Gasteiger partial charge < -0.3 is 10.2 Å². The summed E-state index contributed by atoms with van der Waals surface area (Å²) >= 11 is 8.22. The average molecular weight is 307 g/mol. The van der Waals surface area contributed by atoms with Crippen LogP contribution >= 0.6 is 22.9 Å². The molecule has 4 heteroatoms. The lowest BCUT2D eigenvalue weighted by Crippen LogP contribution is -2.24. The molecule has 1 aliphatic rings. The lowest BCUT2D eigenvalue weighted by molar-refractivity contribution is 0.798. The van der Waals surface area contributed by atoms with Gasteiger partial charge in [0.2, 0.25) is 0 Å². The van der Waals surface area contributed by atoms with Crippen LogP contribution in [0.3, 0.4) is 0 Å². The molecule has 1 heterocycles. The van der Waals surface area contributed by atoms with Crippen LogP contribution < -0.4 is 10.2 Å². The van der Waals surface area contributed by atoms with Crippen LogP contribution in [0.4, 0.5) is 5.69 Å². The smallest absolute Gasteiger partial charge is 0.0525 e. The van der Waals surface area contributed by atoms with Crippen molar-refractivity contribution in [2.45, 2.75) is 32.0 Å². The first kappa shape index (κ1) is 13.9. The van der Waals surface area contributed by atoms with Crippen molar-refractivity contribution in [3.8, 4) is 0 Å².